The van der Waals surface area contributed by atoms with E-state index in [2.05, 4.69) is 15.9 Å². The maximum absolute atomic E-state index is 12.4. The molecule has 0 fully saturated rings. The Labute approximate surface area is 145 Å². The number of nitrogens with zero attached hydrogens (tertiary/aromatic N) is 2. The Morgan fingerprint density at radius 1 is 1.12 bits per heavy atom. The summed E-state index contributed by atoms with van der Waals surface area (Å²) in [5.41, 5.74) is -0.465. The van der Waals surface area contributed by atoms with Crippen LogP contribution in [0.2, 0.25) is 0 Å². The molecule has 2 aromatic carbocycles. The highest BCUT2D eigenvalue weighted by atomic mass is 79.9. The van der Waals surface area contributed by atoms with E-state index in [1.807, 2.05) is 6.07 Å². The van der Waals surface area contributed by atoms with Crippen molar-refractivity contribution in [1.82, 2.24) is 4.90 Å². The van der Waals surface area contributed by atoms with Crippen molar-refractivity contribution in [2.24, 2.45) is 0 Å². The summed E-state index contributed by atoms with van der Waals surface area (Å²) in [5.74, 6) is -0.622. The van der Waals surface area contributed by atoms with Gasteiger partial charge in [-0.15, -0.1) is 0 Å². The molecule has 7 nitrogen and oxygen atoms in total. The molecule has 1 aliphatic rings. The molecule has 0 aromatic heterocycles. The number of benzene rings is 2. The fourth-order valence-electron chi connectivity index (χ4n) is 2.48. The van der Waals surface area contributed by atoms with Crippen molar-refractivity contribution in [3.05, 3.63) is 68.2 Å². The molecule has 0 bridgehead atoms. The lowest BCUT2D eigenvalue weighted by atomic mass is 10.1. The van der Waals surface area contributed by atoms with Gasteiger partial charge in [0.1, 0.15) is 17.9 Å². The normalized spacial score (nSPS) is 13.1. The number of carbonyl (C=O) groups excluding carboxylic acids is 2. The van der Waals surface area contributed by atoms with Crippen LogP contribution in [0.15, 0.2) is 46.9 Å². The number of nitro benzene ring substituents is 1. The van der Waals surface area contributed by atoms with Gasteiger partial charge in [0.05, 0.1) is 17.0 Å². The molecule has 0 atom stereocenters. The number of fused-ring (bicyclic) bond motifs is 1. The first-order chi connectivity index (χ1) is 11.5. The molecule has 0 saturated carbocycles. The van der Waals surface area contributed by atoms with E-state index in [1.54, 1.807) is 18.2 Å². The number of carbonyl (C=O) groups is 2. The lowest BCUT2D eigenvalue weighted by Gasteiger charge is -2.14. The van der Waals surface area contributed by atoms with E-state index in [-0.39, 0.29) is 30.0 Å². The minimum Gasteiger partial charge on any atom is -0.492 e. The van der Waals surface area contributed by atoms with Crippen LogP contribution in [0, 0.1) is 10.1 Å². The molecule has 122 valence electrons. The molecular weight excluding hydrogens is 380 g/mol. The van der Waals surface area contributed by atoms with Crippen molar-refractivity contribution in [2.45, 2.75) is 0 Å². The van der Waals surface area contributed by atoms with Gasteiger partial charge in [-0.3, -0.25) is 24.6 Å². The van der Waals surface area contributed by atoms with Crippen LogP contribution in [0.5, 0.6) is 5.75 Å². The van der Waals surface area contributed by atoms with E-state index < -0.39 is 16.7 Å². The summed E-state index contributed by atoms with van der Waals surface area (Å²) in [4.78, 5) is 36.0. The number of amides is 2. The quantitative estimate of drug-likeness (QED) is 0.444. The van der Waals surface area contributed by atoms with Crippen molar-refractivity contribution in [1.29, 1.82) is 0 Å². The van der Waals surface area contributed by atoms with Gasteiger partial charge in [0.15, 0.2) is 0 Å². The number of imide groups is 1. The highest BCUT2D eigenvalue weighted by molar-refractivity contribution is 9.10. The molecule has 0 saturated heterocycles. The summed E-state index contributed by atoms with van der Waals surface area (Å²) in [6.07, 6.45) is 0. The number of hydrogen-bond donors (Lipinski definition) is 0. The Bertz CT molecular complexity index is 852. The van der Waals surface area contributed by atoms with Gasteiger partial charge in [0, 0.05) is 10.5 Å². The molecule has 0 N–H and O–H groups in total. The summed E-state index contributed by atoms with van der Waals surface area (Å²) in [6, 6.07) is 11.2. The van der Waals surface area contributed by atoms with Crippen LogP contribution in [0.4, 0.5) is 5.69 Å². The Hall–Kier alpha value is -2.74. The van der Waals surface area contributed by atoms with Crippen LogP contribution >= 0.6 is 15.9 Å². The molecule has 0 spiro atoms. The second-order valence-electron chi connectivity index (χ2n) is 5.02. The third-order valence-corrected chi connectivity index (χ3v) is 4.05. The van der Waals surface area contributed by atoms with E-state index in [0.717, 1.165) is 9.37 Å². The summed E-state index contributed by atoms with van der Waals surface area (Å²) >= 11 is 3.32. The molecule has 2 aromatic rings. The molecule has 1 aliphatic heterocycles. The van der Waals surface area contributed by atoms with Crippen LogP contribution in [0.1, 0.15) is 20.7 Å². The average molecular weight is 391 g/mol. The van der Waals surface area contributed by atoms with E-state index >= 15 is 0 Å². The third-order valence-electron chi connectivity index (χ3n) is 3.55. The monoisotopic (exact) mass is 390 g/mol. The fourth-order valence-corrected chi connectivity index (χ4v) is 2.86. The summed E-state index contributed by atoms with van der Waals surface area (Å²) < 4.78 is 6.36. The average Bonchev–Trinajstić information content (AvgIpc) is 2.80. The predicted octanol–water partition coefficient (Wildman–Crippen LogP) is 3.03. The minimum atomic E-state index is -0.667. The van der Waals surface area contributed by atoms with Crippen molar-refractivity contribution >= 4 is 33.4 Å². The summed E-state index contributed by atoms with van der Waals surface area (Å²) in [7, 11) is 0. The first kappa shape index (κ1) is 16.1. The summed E-state index contributed by atoms with van der Waals surface area (Å²) in [6.45, 7) is 0.103. The summed E-state index contributed by atoms with van der Waals surface area (Å²) in [5, 5.41) is 11.0. The molecule has 8 heteroatoms. The number of nitro groups is 1. The molecular formula is C16H11BrN2O5. The van der Waals surface area contributed by atoms with Crippen LogP contribution in [0.25, 0.3) is 0 Å². The third kappa shape index (κ3) is 2.88. The first-order valence-electron chi connectivity index (χ1n) is 7.01. The van der Waals surface area contributed by atoms with Crippen LogP contribution < -0.4 is 4.74 Å². The highest BCUT2D eigenvalue weighted by Crippen LogP contribution is 2.30. The predicted molar refractivity (Wildman–Crippen MR) is 88.1 cm³/mol. The van der Waals surface area contributed by atoms with Crippen LogP contribution in [-0.2, 0) is 0 Å². The molecule has 1 heterocycles. The smallest absolute Gasteiger partial charge is 0.282 e. The molecule has 0 radical (unpaired) electrons. The first-order valence-corrected chi connectivity index (χ1v) is 7.80. The molecule has 2 amide bonds. The number of ether oxygens (including phenoxy) is 1. The molecule has 0 aliphatic carbocycles. The number of rotatable bonds is 5. The molecule has 3 rings (SSSR count). The van der Waals surface area contributed by atoms with Gasteiger partial charge in [-0.25, -0.2) is 0 Å². The minimum absolute atomic E-state index is 0.00993. The molecule has 0 unspecified atom stereocenters. The van der Waals surface area contributed by atoms with Crippen LogP contribution in [0.3, 0.4) is 0 Å². The Kier molecular flexibility index (Phi) is 4.30. The maximum Gasteiger partial charge on any atom is 0.282 e. The van der Waals surface area contributed by atoms with Gasteiger partial charge >= 0.3 is 0 Å². The highest BCUT2D eigenvalue weighted by Gasteiger charge is 2.40. The van der Waals surface area contributed by atoms with Crippen molar-refractivity contribution in [2.75, 3.05) is 13.2 Å². The van der Waals surface area contributed by atoms with Gasteiger partial charge in [-0.2, -0.15) is 0 Å². The SMILES string of the molecule is O=C1c2cccc([N+](=O)[O-])c2C(=O)N1CCOc1cccc(Br)c1. The standard InChI is InChI=1S/C16H11BrN2O5/c17-10-3-1-4-11(9-10)24-8-7-18-15(20)12-5-2-6-13(19(22)23)14(12)16(18)21/h1-6,9H,7-8H2. The lowest BCUT2D eigenvalue weighted by Crippen LogP contribution is -2.33. The Balaban J connectivity index is 1.74. The number of hydrogen-bond acceptors (Lipinski definition) is 5. The van der Waals surface area contributed by atoms with Crippen molar-refractivity contribution < 1.29 is 19.2 Å². The topological polar surface area (TPSA) is 89.8 Å². The van der Waals surface area contributed by atoms with Gasteiger partial charge in [0.2, 0.25) is 0 Å². The molecule has 24 heavy (non-hydrogen) atoms. The van der Waals surface area contributed by atoms with Gasteiger partial charge < -0.3 is 4.74 Å². The van der Waals surface area contributed by atoms with E-state index in [4.69, 9.17) is 4.74 Å². The number of halogens is 1. The van der Waals surface area contributed by atoms with E-state index in [9.17, 15) is 19.7 Å². The fraction of sp³-hybridized carbons (Fsp3) is 0.125. The van der Waals surface area contributed by atoms with Crippen molar-refractivity contribution in [3.63, 3.8) is 0 Å². The van der Waals surface area contributed by atoms with Crippen molar-refractivity contribution in [3.8, 4) is 5.75 Å². The van der Waals surface area contributed by atoms with Gasteiger partial charge in [-0.05, 0) is 24.3 Å². The van der Waals surface area contributed by atoms with E-state index in [0.29, 0.717) is 5.75 Å². The Morgan fingerprint density at radius 3 is 2.58 bits per heavy atom. The lowest BCUT2D eigenvalue weighted by molar-refractivity contribution is -0.385. The maximum atomic E-state index is 12.4. The zero-order valence-corrected chi connectivity index (χ0v) is 13.9. The largest absolute Gasteiger partial charge is 0.492 e. The zero-order valence-electron chi connectivity index (χ0n) is 12.3. The Morgan fingerprint density at radius 2 is 1.88 bits per heavy atom. The zero-order chi connectivity index (χ0) is 17.3. The van der Waals surface area contributed by atoms with Crippen LogP contribution in [-0.4, -0.2) is 34.8 Å². The van der Waals surface area contributed by atoms with E-state index in [1.165, 1.54) is 18.2 Å². The van der Waals surface area contributed by atoms with Gasteiger partial charge in [-0.1, -0.05) is 28.1 Å². The second kappa shape index (κ2) is 6.40. The second-order valence-corrected chi connectivity index (χ2v) is 5.94. The van der Waals surface area contributed by atoms with Gasteiger partial charge in [0.25, 0.3) is 17.5 Å².